The van der Waals surface area contributed by atoms with E-state index in [1.54, 1.807) is 36.7 Å². The lowest BCUT2D eigenvalue weighted by molar-refractivity contribution is 0.0938. The van der Waals surface area contributed by atoms with E-state index in [9.17, 15) is 13.2 Å². The molecule has 1 aromatic carbocycles. The lowest BCUT2D eigenvalue weighted by Crippen LogP contribution is -2.27. The van der Waals surface area contributed by atoms with Gasteiger partial charge in [-0.25, -0.2) is 18.4 Å². The van der Waals surface area contributed by atoms with Crippen LogP contribution >= 0.6 is 0 Å². The molecule has 0 fully saturated rings. The fourth-order valence-electron chi connectivity index (χ4n) is 2.45. The van der Waals surface area contributed by atoms with E-state index in [1.807, 2.05) is 6.92 Å². The molecule has 0 bridgehead atoms. The molecule has 0 atom stereocenters. The zero-order chi connectivity index (χ0) is 22.3. The van der Waals surface area contributed by atoms with Gasteiger partial charge >= 0.3 is 0 Å². The van der Waals surface area contributed by atoms with E-state index >= 15 is 0 Å². The highest BCUT2D eigenvalue weighted by molar-refractivity contribution is 7.92. The van der Waals surface area contributed by atoms with Crippen LogP contribution in [-0.2, 0) is 16.6 Å². The number of aromatic nitrogens is 3. The molecule has 3 rings (SSSR count). The number of aliphatic hydroxyl groups is 1. The molecule has 2 heterocycles. The highest BCUT2D eigenvalue weighted by Crippen LogP contribution is 2.24. The SMILES string of the molecule is Cc1ccc(S(=O)(=O)Nc2ncc(C(=O)NCCO)nc2OCc2cccnc2)cc1. The average Bonchev–Trinajstić information content (AvgIpc) is 2.77. The van der Waals surface area contributed by atoms with E-state index in [2.05, 4.69) is 25.0 Å². The van der Waals surface area contributed by atoms with Gasteiger partial charge in [-0.3, -0.25) is 14.5 Å². The topological polar surface area (TPSA) is 143 Å². The number of pyridine rings is 1. The van der Waals surface area contributed by atoms with Crippen molar-refractivity contribution >= 4 is 21.7 Å². The molecule has 1 amide bonds. The Bertz CT molecular complexity index is 1140. The zero-order valence-electron chi connectivity index (χ0n) is 16.6. The molecular formula is C20H21N5O5S. The molecule has 0 spiro atoms. The Morgan fingerprint density at radius 1 is 1.16 bits per heavy atom. The number of rotatable bonds is 9. The van der Waals surface area contributed by atoms with Crippen molar-refractivity contribution in [1.82, 2.24) is 20.3 Å². The predicted octanol–water partition coefficient (Wildman–Crippen LogP) is 1.28. The van der Waals surface area contributed by atoms with Crippen molar-refractivity contribution in [2.45, 2.75) is 18.4 Å². The van der Waals surface area contributed by atoms with Crippen LogP contribution in [0.1, 0.15) is 21.6 Å². The summed E-state index contributed by atoms with van der Waals surface area (Å²) in [4.78, 5) is 24.3. The number of sulfonamides is 1. The van der Waals surface area contributed by atoms with Crippen LogP contribution in [0.25, 0.3) is 0 Å². The number of amides is 1. The Morgan fingerprint density at radius 2 is 1.94 bits per heavy atom. The highest BCUT2D eigenvalue weighted by atomic mass is 32.2. The van der Waals surface area contributed by atoms with Gasteiger partial charge < -0.3 is 15.2 Å². The Hall–Kier alpha value is -3.57. The third-order valence-corrected chi connectivity index (χ3v) is 5.39. The number of aliphatic hydroxyl groups excluding tert-OH is 1. The summed E-state index contributed by atoms with van der Waals surface area (Å²) in [5, 5.41) is 11.3. The van der Waals surface area contributed by atoms with Crippen molar-refractivity contribution in [2.75, 3.05) is 17.9 Å². The summed E-state index contributed by atoms with van der Waals surface area (Å²) in [6.07, 6.45) is 4.31. The van der Waals surface area contributed by atoms with E-state index in [0.717, 1.165) is 11.8 Å². The summed E-state index contributed by atoms with van der Waals surface area (Å²) in [5.74, 6) is -0.917. The van der Waals surface area contributed by atoms with Crippen LogP contribution in [0.3, 0.4) is 0 Å². The Balaban J connectivity index is 1.89. The molecule has 162 valence electrons. The fourth-order valence-corrected chi connectivity index (χ4v) is 3.46. The number of ether oxygens (including phenoxy) is 1. The molecule has 10 nitrogen and oxygen atoms in total. The van der Waals surface area contributed by atoms with Crippen LogP contribution in [0.5, 0.6) is 5.88 Å². The van der Waals surface area contributed by atoms with Crippen LogP contribution in [0.15, 0.2) is 59.9 Å². The Morgan fingerprint density at radius 3 is 2.61 bits per heavy atom. The van der Waals surface area contributed by atoms with Crippen molar-refractivity contribution in [3.8, 4) is 5.88 Å². The standard InChI is InChI=1S/C20H21N5O5S/c1-14-4-6-16(7-5-14)31(28,29)25-18-20(30-13-15-3-2-8-21-11-15)24-17(12-23-18)19(27)22-9-10-26/h2-8,11-12,26H,9-10,13H2,1H3,(H,22,27)(H,23,25). The second kappa shape index (κ2) is 9.96. The van der Waals surface area contributed by atoms with E-state index in [4.69, 9.17) is 9.84 Å². The van der Waals surface area contributed by atoms with Crippen molar-refractivity contribution in [3.05, 3.63) is 71.8 Å². The molecule has 31 heavy (non-hydrogen) atoms. The highest BCUT2D eigenvalue weighted by Gasteiger charge is 2.20. The van der Waals surface area contributed by atoms with E-state index in [0.29, 0.717) is 5.56 Å². The second-order valence-corrected chi connectivity index (χ2v) is 8.14. The maximum atomic E-state index is 12.7. The molecule has 0 aliphatic carbocycles. The normalized spacial score (nSPS) is 11.0. The van der Waals surface area contributed by atoms with Crippen LogP contribution in [0.2, 0.25) is 0 Å². The second-order valence-electron chi connectivity index (χ2n) is 6.46. The van der Waals surface area contributed by atoms with Crippen LogP contribution in [0.4, 0.5) is 5.82 Å². The molecule has 0 saturated carbocycles. The number of benzene rings is 1. The van der Waals surface area contributed by atoms with Gasteiger partial charge in [-0.1, -0.05) is 23.8 Å². The van der Waals surface area contributed by atoms with Gasteiger partial charge in [0, 0.05) is 24.5 Å². The molecule has 11 heteroatoms. The van der Waals surface area contributed by atoms with Crippen molar-refractivity contribution in [1.29, 1.82) is 0 Å². The van der Waals surface area contributed by atoms with Crippen LogP contribution in [0, 0.1) is 6.92 Å². The van der Waals surface area contributed by atoms with Crippen molar-refractivity contribution < 1.29 is 23.1 Å². The van der Waals surface area contributed by atoms with Gasteiger partial charge in [-0.05, 0) is 25.1 Å². The molecule has 3 N–H and O–H groups in total. The monoisotopic (exact) mass is 443 g/mol. The molecule has 2 aromatic heterocycles. The smallest absolute Gasteiger partial charge is 0.271 e. The van der Waals surface area contributed by atoms with Crippen LogP contribution in [-0.4, -0.2) is 47.5 Å². The maximum Gasteiger partial charge on any atom is 0.271 e. The number of hydrogen-bond acceptors (Lipinski definition) is 8. The number of nitrogens with one attached hydrogen (secondary N) is 2. The van der Waals surface area contributed by atoms with Crippen molar-refractivity contribution in [2.24, 2.45) is 0 Å². The van der Waals surface area contributed by atoms with Gasteiger partial charge in [0.15, 0.2) is 5.69 Å². The summed E-state index contributed by atoms with van der Waals surface area (Å²) in [6.45, 7) is 1.68. The Labute approximate surface area is 179 Å². The minimum absolute atomic E-state index is 0.0312. The van der Waals surface area contributed by atoms with E-state index in [1.165, 1.54) is 12.1 Å². The minimum Gasteiger partial charge on any atom is -0.470 e. The minimum atomic E-state index is -3.96. The fraction of sp³-hybridized carbons (Fsp3) is 0.200. The van der Waals surface area contributed by atoms with Gasteiger partial charge in [-0.2, -0.15) is 0 Å². The first kappa shape index (κ1) is 22.1. The molecule has 0 unspecified atom stereocenters. The third kappa shape index (κ3) is 5.96. The largest absolute Gasteiger partial charge is 0.470 e. The maximum absolute atomic E-state index is 12.7. The third-order valence-electron chi connectivity index (χ3n) is 4.03. The molecule has 0 saturated heterocycles. The number of nitrogens with zero attached hydrogens (tertiary/aromatic N) is 3. The lowest BCUT2D eigenvalue weighted by Gasteiger charge is -2.13. The number of aryl methyl sites for hydroxylation is 1. The lowest BCUT2D eigenvalue weighted by atomic mass is 10.2. The quantitative estimate of drug-likeness (QED) is 0.449. The molecular weight excluding hydrogens is 422 g/mol. The van der Waals surface area contributed by atoms with E-state index < -0.39 is 15.9 Å². The number of carbonyl (C=O) groups excluding carboxylic acids is 1. The molecule has 3 aromatic rings. The summed E-state index contributed by atoms with van der Waals surface area (Å²) in [6, 6.07) is 9.79. The van der Waals surface area contributed by atoms with Gasteiger partial charge in [-0.15, -0.1) is 0 Å². The van der Waals surface area contributed by atoms with Crippen molar-refractivity contribution in [3.63, 3.8) is 0 Å². The van der Waals surface area contributed by atoms with Gasteiger partial charge in [0.05, 0.1) is 17.7 Å². The number of anilines is 1. The zero-order valence-corrected chi connectivity index (χ0v) is 17.5. The van der Waals surface area contributed by atoms with Gasteiger partial charge in [0.1, 0.15) is 6.61 Å². The molecule has 0 aliphatic rings. The summed E-state index contributed by atoms with van der Waals surface area (Å²) >= 11 is 0. The summed E-state index contributed by atoms with van der Waals surface area (Å²) < 4.78 is 33.5. The Kier molecular flexibility index (Phi) is 7.11. The summed E-state index contributed by atoms with van der Waals surface area (Å²) in [5.41, 5.74) is 1.54. The first-order valence-corrected chi connectivity index (χ1v) is 10.7. The first-order chi connectivity index (χ1) is 14.9. The van der Waals surface area contributed by atoms with Crippen LogP contribution < -0.4 is 14.8 Å². The average molecular weight is 443 g/mol. The number of carbonyl (C=O) groups is 1. The number of hydrogen-bond donors (Lipinski definition) is 3. The molecule has 0 aliphatic heterocycles. The molecule has 0 radical (unpaired) electrons. The van der Waals surface area contributed by atoms with Gasteiger partial charge in [0.25, 0.3) is 21.8 Å². The summed E-state index contributed by atoms with van der Waals surface area (Å²) in [7, 11) is -3.96. The first-order valence-electron chi connectivity index (χ1n) is 9.26. The van der Waals surface area contributed by atoms with E-state index in [-0.39, 0.29) is 42.0 Å². The predicted molar refractivity (Wildman–Crippen MR) is 112 cm³/mol. The van der Waals surface area contributed by atoms with Gasteiger partial charge in [0.2, 0.25) is 5.82 Å².